The van der Waals surface area contributed by atoms with Gasteiger partial charge in [0.1, 0.15) is 6.04 Å². The molecule has 0 radical (unpaired) electrons. The molecule has 0 aliphatic heterocycles. The Morgan fingerprint density at radius 1 is 1.25 bits per heavy atom. The zero-order valence-corrected chi connectivity index (χ0v) is 11.0. The lowest BCUT2D eigenvalue weighted by molar-refractivity contribution is -0.384. The number of halogens is 1. The highest BCUT2D eigenvalue weighted by atomic mass is 35.5. The van der Waals surface area contributed by atoms with Crippen molar-refractivity contribution in [2.45, 2.75) is 6.04 Å². The molecule has 5 nitrogen and oxygen atoms in total. The van der Waals surface area contributed by atoms with E-state index in [2.05, 4.69) is 11.4 Å². The first-order valence-electron chi connectivity index (χ1n) is 5.76. The van der Waals surface area contributed by atoms with E-state index in [4.69, 9.17) is 11.6 Å². The number of hydrogen-bond donors (Lipinski definition) is 1. The van der Waals surface area contributed by atoms with Crippen LogP contribution in [0.1, 0.15) is 11.6 Å². The van der Waals surface area contributed by atoms with Crippen LogP contribution in [0.5, 0.6) is 0 Å². The summed E-state index contributed by atoms with van der Waals surface area (Å²) in [6.07, 6.45) is 0. The van der Waals surface area contributed by atoms with Gasteiger partial charge < -0.3 is 5.32 Å². The van der Waals surface area contributed by atoms with E-state index < -0.39 is 11.0 Å². The molecule has 0 aliphatic rings. The predicted octanol–water partition coefficient (Wildman–Crippen LogP) is 3.92. The minimum absolute atomic E-state index is 0.0252. The lowest BCUT2D eigenvalue weighted by Gasteiger charge is -2.13. The van der Waals surface area contributed by atoms with E-state index >= 15 is 0 Å². The van der Waals surface area contributed by atoms with Crippen molar-refractivity contribution in [2.24, 2.45) is 0 Å². The third-order valence-electron chi connectivity index (χ3n) is 2.70. The number of anilines is 1. The summed E-state index contributed by atoms with van der Waals surface area (Å²) in [7, 11) is 0. The maximum absolute atomic E-state index is 10.7. The van der Waals surface area contributed by atoms with Crippen molar-refractivity contribution in [3.8, 4) is 6.07 Å². The number of nitro benzene ring substituents is 1. The fourth-order valence-electron chi connectivity index (χ4n) is 1.72. The smallest absolute Gasteiger partial charge is 0.271 e. The number of benzene rings is 2. The summed E-state index contributed by atoms with van der Waals surface area (Å²) in [5, 5.41) is 23.5. The molecule has 1 unspecified atom stereocenters. The summed E-state index contributed by atoms with van der Waals surface area (Å²) in [6.45, 7) is 0. The Hall–Kier alpha value is -2.58. The highest BCUT2D eigenvalue weighted by Gasteiger charge is 2.12. The minimum atomic E-state index is -0.603. The van der Waals surface area contributed by atoms with Crippen LogP contribution in [0.2, 0.25) is 5.02 Å². The Bertz CT molecular complexity index is 665. The van der Waals surface area contributed by atoms with Crippen LogP contribution in [-0.4, -0.2) is 4.92 Å². The second kappa shape index (κ2) is 6.04. The van der Waals surface area contributed by atoms with Gasteiger partial charge in [0, 0.05) is 22.8 Å². The number of non-ortho nitro benzene ring substituents is 1. The molecule has 2 aromatic carbocycles. The zero-order chi connectivity index (χ0) is 14.5. The summed E-state index contributed by atoms with van der Waals surface area (Å²) in [5.41, 5.74) is 1.23. The van der Waals surface area contributed by atoms with Gasteiger partial charge in [0.15, 0.2) is 0 Å². The lowest BCUT2D eigenvalue weighted by atomic mass is 10.1. The molecule has 100 valence electrons. The maximum Gasteiger partial charge on any atom is 0.271 e. The van der Waals surface area contributed by atoms with Crippen molar-refractivity contribution in [2.75, 3.05) is 5.32 Å². The average molecular weight is 288 g/mol. The number of nitrogens with one attached hydrogen (secondary N) is 1. The SMILES string of the molecule is N#CC(Nc1cccc([N+](=O)[O-])c1)c1ccc(Cl)cc1. The van der Waals surface area contributed by atoms with Gasteiger partial charge in [-0.25, -0.2) is 0 Å². The van der Waals surface area contributed by atoms with Crippen LogP contribution in [0.15, 0.2) is 48.5 Å². The van der Waals surface area contributed by atoms with Crippen molar-refractivity contribution in [1.82, 2.24) is 0 Å². The largest absolute Gasteiger partial charge is 0.366 e. The first-order chi connectivity index (χ1) is 9.60. The zero-order valence-electron chi connectivity index (χ0n) is 10.3. The Labute approximate surface area is 120 Å². The van der Waals surface area contributed by atoms with Crippen molar-refractivity contribution >= 4 is 23.0 Å². The molecule has 0 spiro atoms. The third-order valence-corrected chi connectivity index (χ3v) is 2.95. The molecule has 2 aromatic rings. The number of nitrogens with zero attached hydrogens (tertiary/aromatic N) is 2. The molecule has 0 saturated carbocycles. The normalized spacial score (nSPS) is 11.4. The maximum atomic E-state index is 10.7. The number of rotatable bonds is 4. The van der Waals surface area contributed by atoms with Crippen LogP contribution in [0, 0.1) is 21.4 Å². The second-order valence-electron chi connectivity index (χ2n) is 4.07. The number of nitriles is 1. The first-order valence-corrected chi connectivity index (χ1v) is 6.14. The number of hydrogen-bond acceptors (Lipinski definition) is 4. The molecule has 0 amide bonds. The van der Waals surface area contributed by atoms with Crippen molar-refractivity contribution in [1.29, 1.82) is 5.26 Å². The molecule has 1 atom stereocenters. The molecule has 2 rings (SSSR count). The highest BCUT2D eigenvalue weighted by Crippen LogP contribution is 2.23. The van der Waals surface area contributed by atoms with Crippen LogP contribution < -0.4 is 5.32 Å². The molecule has 0 bridgehead atoms. The molecule has 6 heteroatoms. The van der Waals surface area contributed by atoms with Gasteiger partial charge in [0.25, 0.3) is 5.69 Å². The average Bonchev–Trinajstić information content (AvgIpc) is 2.46. The Morgan fingerprint density at radius 3 is 2.55 bits per heavy atom. The molecular weight excluding hydrogens is 278 g/mol. The van der Waals surface area contributed by atoms with Crippen LogP contribution >= 0.6 is 11.6 Å². The topological polar surface area (TPSA) is 79.0 Å². The van der Waals surface area contributed by atoms with Gasteiger partial charge in [-0.15, -0.1) is 0 Å². The van der Waals surface area contributed by atoms with Crippen LogP contribution in [0.25, 0.3) is 0 Å². The van der Waals surface area contributed by atoms with Crippen molar-refractivity contribution in [3.05, 3.63) is 69.2 Å². The molecule has 0 fully saturated rings. The van der Waals surface area contributed by atoms with Gasteiger partial charge in [0.2, 0.25) is 0 Å². The molecular formula is C14H10ClN3O2. The highest BCUT2D eigenvalue weighted by molar-refractivity contribution is 6.30. The van der Waals surface area contributed by atoms with E-state index in [1.807, 2.05) is 0 Å². The monoisotopic (exact) mass is 287 g/mol. The van der Waals surface area contributed by atoms with Crippen LogP contribution in [0.3, 0.4) is 0 Å². The van der Waals surface area contributed by atoms with Crippen molar-refractivity contribution < 1.29 is 4.92 Å². The molecule has 0 aliphatic carbocycles. The van der Waals surface area contributed by atoms with E-state index in [-0.39, 0.29) is 5.69 Å². The van der Waals surface area contributed by atoms with Gasteiger partial charge in [-0.05, 0) is 23.8 Å². The summed E-state index contributed by atoms with van der Waals surface area (Å²) in [4.78, 5) is 10.2. The Morgan fingerprint density at radius 2 is 1.95 bits per heavy atom. The fourth-order valence-corrected chi connectivity index (χ4v) is 1.85. The molecule has 0 heterocycles. The standard InChI is InChI=1S/C14H10ClN3O2/c15-11-6-4-10(5-7-11)14(9-16)17-12-2-1-3-13(8-12)18(19)20/h1-8,14,17H. The molecule has 0 aromatic heterocycles. The van der Waals surface area contributed by atoms with E-state index in [0.29, 0.717) is 10.7 Å². The summed E-state index contributed by atoms with van der Waals surface area (Å²) < 4.78 is 0. The van der Waals surface area contributed by atoms with Crippen LogP contribution in [-0.2, 0) is 0 Å². The lowest BCUT2D eigenvalue weighted by Crippen LogP contribution is -2.08. The summed E-state index contributed by atoms with van der Waals surface area (Å²) >= 11 is 5.80. The quantitative estimate of drug-likeness (QED) is 0.682. The Balaban J connectivity index is 2.22. The van der Waals surface area contributed by atoms with Crippen LogP contribution in [0.4, 0.5) is 11.4 Å². The molecule has 20 heavy (non-hydrogen) atoms. The van der Waals surface area contributed by atoms with E-state index in [9.17, 15) is 15.4 Å². The van der Waals surface area contributed by atoms with E-state index in [0.717, 1.165) is 5.56 Å². The van der Waals surface area contributed by atoms with Gasteiger partial charge in [-0.1, -0.05) is 29.8 Å². The first kappa shape index (κ1) is 13.8. The predicted molar refractivity (Wildman–Crippen MR) is 76.5 cm³/mol. The molecule has 1 N–H and O–H groups in total. The second-order valence-corrected chi connectivity index (χ2v) is 4.50. The summed E-state index contributed by atoms with van der Waals surface area (Å²) in [6, 6.07) is 14.4. The summed E-state index contributed by atoms with van der Waals surface area (Å²) in [5.74, 6) is 0. The van der Waals surface area contributed by atoms with Crippen molar-refractivity contribution in [3.63, 3.8) is 0 Å². The fraction of sp³-hybridized carbons (Fsp3) is 0.0714. The Kier molecular flexibility index (Phi) is 4.18. The molecule has 0 saturated heterocycles. The van der Waals surface area contributed by atoms with Gasteiger partial charge in [0.05, 0.1) is 11.0 Å². The van der Waals surface area contributed by atoms with Gasteiger partial charge in [-0.3, -0.25) is 10.1 Å². The van der Waals surface area contributed by atoms with E-state index in [1.165, 1.54) is 12.1 Å². The third kappa shape index (κ3) is 3.25. The number of nitro groups is 1. The minimum Gasteiger partial charge on any atom is -0.366 e. The van der Waals surface area contributed by atoms with Gasteiger partial charge >= 0.3 is 0 Å². The van der Waals surface area contributed by atoms with Gasteiger partial charge in [-0.2, -0.15) is 5.26 Å². The van der Waals surface area contributed by atoms with E-state index in [1.54, 1.807) is 36.4 Å².